The Kier molecular flexibility index (Phi) is 3.22. The van der Waals surface area contributed by atoms with Crippen LogP contribution < -0.4 is 5.73 Å². The lowest BCUT2D eigenvalue weighted by Gasteiger charge is -2.03. The first-order valence-electron chi connectivity index (χ1n) is 6.74. The normalized spacial score (nSPS) is 10.8. The number of benzene rings is 2. The van der Waals surface area contributed by atoms with Crippen molar-refractivity contribution in [1.82, 2.24) is 9.78 Å². The molecule has 21 heavy (non-hydrogen) atoms. The van der Waals surface area contributed by atoms with Crippen LogP contribution in [0.15, 0.2) is 48.5 Å². The topological polar surface area (TPSA) is 43.8 Å². The van der Waals surface area contributed by atoms with E-state index in [-0.39, 0.29) is 5.82 Å². The highest BCUT2D eigenvalue weighted by Crippen LogP contribution is 2.29. The molecule has 3 aromatic rings. The molecule has 0 aliphatic rings. The van der Waals surface area contributed by atoms with Gasteiger partial charge in [-0.05, 0) is 49.7 Å². The summed E-state index contributed by atoms with van der Waals surface area (Å²) < 4.78 is 15.3. The van der Waals surface area contributed by atoms with E-state index in [2.05, 4.69) is 5.10 Å². The minimum Gasteiger partial charge on any atom is -0.383 e. The van der Waals surface area contributed by atoms with Crippen LogP contribution in [-0.2, 0) is 0 Å². The van der Waals surface area contributed by atoms with Gasteiger partial charge in [0, 0.05) is 11.1 Å². The quantitative estimate of drug-likeness (QED) is 0.774. The third-order valence-corrected chi connectivity index (χ3v) is 3.48. The van der Waals surface area contributed by atoms with Crippen LogP contribution in [0.4, 0.5) is 10.2 Å². The number of aromatic nitrogens is 2. The lowest BCUT2D eigenvalue weighted by atomic mass is 10.1. The van der Waals surface area contributed by atoms with E-state index in [1.54, 1.807) is 4.68 Å². The summed E-state index contributed by atoms with van der Waals surface area (Å²) in [6.07, 6.45) is 0. The van der Waals surface area contributed by atoms with Gasteiger partial charge in [0.05, 0.1) is 11.4 Å². The zero-order chi connectivity index (χ0) is 15.0. The molecule has 0 unspecified atom stereocenters. The van der Waals surface area contributed by atoms with E-state index in [0.717, 1.165) is 22.4 Å². The largest absolute Gasteiger partial charge is 0.383 e. The van der Waals surface area contributed by atoms with Gasteiger partial charge in [0.15, 0.2) is 0 Å². The Labute approximate surface area is 122 Å². The monoisotopic (exact) mass is 281 g/mol. The molecule has 0 amide bonds. The van der Waals surface area contributed by atoms with E-state index in [0.29, 0.717) is 11.5 Å². The lowest BCUT2D eigenvalue weighted by Crippen LogP contribution is -2.01. The van der Waals surface area contributed by atoms with Gasteiger partial charge in [-0.3, -0.25) is 0 Å². The Bertz CT molecular complexity index is 771. The van der Waals surface area contributed by atoms with Crippen molar-refractivity contribution in [3.05, 3.63) is 65.5 Å². The van der Waals surface area contributed by atoms with Crippen molar-refractivity contribution >= 4 is 5.82 Å². The molecule has 106 valence electrons. The van der Waals surface area contributed by atoms with Crippen LogP contribution in [0.1, 0.15) is 11.1 Å². The molecule has 3 rings (SSSR count). The van der Waals surface area contributed by atoms with Crippen LogP contribution in [0, 0.1) is 19.7 Å². The van der Waals surface area contributed by atoms with E-state index in [1.165, 1.54) is 12.1 Å². The maximum absolute atomic E-state index is 13.6. The zero-order valence-corrected chi connectivity index (χ0v) is 12.0. The van der Waals surface area contributed by atoms with Crippen LogP contribution in [-0.4, -0.2) is 9.78 Å². The van der Waals surface area contributed by atoms with Crippen molar-refractivity contribution < 1.29 is 4.39 Å². The van der Waals surface area contributed by atoms with Crippen molar-refractivity contribution in [3.8, 4) is 16.9 Å². The van der Waals surface area contributed by atoms with Gasteiger partial charge < -0.3 is 5.73 Å². The zero-order valence-electron chi connectivity index (χ0n) is 12.0. The Morgan fingerprint density at radius 3 is 2.43 bits per heavy atom. The number of halogens is 1. The first-order chi connectivity index (χ1) is 10.1. The summed E-state index contributed by atoms with van der Waals surface area (Å²) in [6.45, 7) is 3.76. The average molecular weight is 281 g/mol. The average Bonchev–Trinajstić information content (AvgIpc) is 2.75. The van der Waals surface area contributed by atoms with E-state index < -0.39 is 0 Å². The van der Waals surface area contributed by atoms with Gasteiger partial charge in [0.2, 0.25) is 0 Å². The van der Waals surface area contributed by atoms with Crippen LogP contribution >= 0.6 is 0 Å². The van der Waals surface area contributed by atoms with Crippen molar-refractivity contribution in [2.24, 2.45) is 0 Å². The predicted molar refractivity (Wildman–Crippen MR) is 82.8 cm³/mol. The third-order valence-electron chi connectivity index (χ3n) is 3.48. The second-order valence-corrected chi connectivity index (χ2v) is 5.12. The van der Waals surface area contributed by atoms with Gasteiger partial charge in [-0.1, -0.05) is 18.2 Å². The first-order valence-corrected chi connectivity index (χ1v) is 6.74. The highest BCUT2D eigenvalue weighted by Gasteiger charge is 2.15. The molecule has 3 nitrogen and oxygen atoms in total. The maximum atomic E-state index is 13.6. The van der Waals surface area contributed by atoms with E-state index in [4.69, 9.17) is 5.73 Å². The van der Waals surface area contributed by atoms with Crippen LogP contribution in [0.5, 0.6) is 0 Å². The van der Waals surface area contributed by atoms with Crippen LogP contribution in [0.25, 0.3) is 16.9 Å². The summed E-state index contributed by atoms with van der Waals surface area (Å²) in [4.78, 5) is 0. The van der Waals surface area contributed by atoms with Gasteiger partial charge >= 0.3 is 0 Å². The number of rotatable bonds is 2. The molecule has 0 aliphatic heterocycles. The number of nitrogens with zero attached hydrogens (tertiary/aromatic N) is 2. The summed E-state index contributed by atoms with van der Waals surface area (Å²) in [5, 5.41) is 4.56. The Morgan fingerprint density at radius 1 is 1.05 bits per heavy atom. The highest BCUT2D eigenvalue weighted by atomic mass is 19.1. The molecule has 1 heterocycles. The summed E-state index contributed by atoms with van der Waals surface area (Å²) >= 11 is 0. The van der Waals surface area contributed by atoms with Gasteiger partial charge in [0.25, 0.3) is 0 Å². The molecule has 0 spiro atoms. The number of aryl methyl sites for hydroxylation is 1. The molecule has 0 radical (unpaired) electrons. The molecule has 0 atom stereocenters. The number of nitrogen functional groups attached to an aromatic ring is 1. The number of hydrogen-bond acceptors (Lipinski definition) is 2. The minimum atomic E-state index is -0.266. The Hall–Kier alpha value is -2.62. The summed E-state index contributed by atoms with van der Waals surface area (Å²) in [7, 11) is 0. The smallest absolute Gasteiger partial charge is 0.130 e. The Morgan fingerprint density at radius 2 is 1.76 bits per heavy atom. The van der Waals surface area contributed by atoms with Crippen molar-refractivity contribution in [3.63, 3.8) is 0 Å². The molecular formula is C17H16FN3. The first kappa shape index (κ1) is 13.4. The molecule has 2 N–H and O–H groups in total. The molecule has 0 bridgehead atoms. The number of nitrogens with two attached hydrogens (primary N) is 1. The molecule has 0 saturated carbocycles. The third kappa shape index (κ3) is 2.40. The van der Waals surface area contributed by atoms with E-state index in [1.807, 2.05) is 50.2 Å². The second kappa shape index (κ2) is 5.05. The maximum Gasteiger partial charge on any atom is 0.130 e. The van der Waals surface area contributed by atoms with Gasteiger partial charge in [-0.25, -0.2) is 9.07 Å². The number of para-hydroxylation sites is 1. The van der Waals surface area contributed by atoms with Gasteiger partial charge in [0.1, 0.15) is 11.6 Å². The standard InChI is InChI=1S/C17H16FN3/c1-11-8-13(10-14(18)9-11)16-12(2)17(19)21(20-16)15-6-4-3-5-7-15/h3-10H,19H2,1-2H3. The molecule has 2 aromatic carbocycles. The fourth-order valence-corrected chi connectivity index (χ4v) is 2.42. The van der Waals surface area contributed by atoms with Crippen molar-refractivity contribution in [1.29, 1.82) is 0 Å². The summed E-state index contributed by atoms with van der Waals surface area (Å²) in [6, 6.07) is 14.6. The van der Waals surface area contributed by atoms with Gasteiger partial charge in [-0.2, -0.15) is 5.10 Å². The molecule has 0 aliphatic carbocycles. The number of hydrogen-bond donors (Lipinski definition) is 1. The van der Waals surface area contributed by atoms with E-state index in [9.17, 15) is 4.39 Å². The number of anilines is 1. The Balaban J connectivity index is 2.17. The molecule has 4 heteroatoms. The fourth-order valence-electron chi connectivity index (χ4n) is 2.42. The van der Waals surface area contributed by atoms with E-state index >= 15 is 0 Å². The van der Waals surface area contributed by atoms with Crippen molar-refractivity contribution in [2.75, 3.05) is 5.73 Å². The summed E-state index contributed by atoms with van der Waals surface area (Å²) in [5.74, 6) is 0.301. The predicted octanol–water partition coefficient (Wildman–Crippen LogP) is 3.88. The molecule has 0 fully saturated rings. The van der Waals surface area contributed by atoms with Crippen LogP contribution in [0.3, 0.4) is 0 Å². The fraction of sp³-hybridized carbons (Fsp3) is 0.118. The lowest BCUT2D eigenvalue weighted by molar-refractivity contribution is 0.627. The minimum absolute atomic E-state index is 0.266. The van der Waals surface area contributed by atoms with Crippen molar-refractivity contribution in [2.45, 2.75) is 13.8 Å². The highest BCUT2D eigenvalue weighted by molar-refractivity contribution is 5.69. The summed E-state index contributed by atoms with van der Waals surface area (Å²) in [5.41, 5.74) is 10.2. The molecule has 1 aromatic heterocycles. The van der Waals surface area contributed by atoms with Crippen LogP contribution in [0.2, 0.25) is 0 Å². The SMILES string of the molecule is Cc1cc(F)cc(-c2nn(-c3ccccc3)c(N)c2C)c1. The second-order valence-electron chi connectivity index (χ2n) is 5.12. The van der Waals surface area contributed by atoms with Gasteiger partial charge in [-0.15, -0.1) is 0 Å². The molecule has 0 saturated heterocycles. The molecular weight excluding hydrogens is 265 g/mol.